The third-order valence-corrected chi connectivity index (χ3v) is 5.55. The molecule has 1 N–H and O–H groups in total. The molecule has 1 aliphatic heterocycles. The molecule has 0 saturated carbocycles. The number of H-pyrrole nitrogens is 1. The Morgan fingerprint density at radius 2 is 1.96 bits per heavy atom. The lowest BCUT2D eigenvalue weighted by atomic mass is 9.92. The molecule has 0 amide bonds. The third-order valence-electron chi connectivity index (χ3n) is 5.55. The van der Waals surface area contributed by atoms with E-state index in [0.29, 0.717) is 30.1 Å². The summed E-state index contributed by atoms with van der Waals surface area (Å²) in [4.78, 5) is 26.1. The number of piperidine rings is 1. The molecule has 1 saturated heterocycles. The van der Waals surface area contributed by atoms with Gasteiger partial charge >= 0.3 is 0 Å². The van der Waals surface area contributed by atoms with Crippen molar-refractivity contribution in [1.82, 2.24) is 15.0 Å². The van der Waals surface area contributed by atoms with E-state index in [1.54, 1.807) is 25.6 Å². The number of hydrogen-bond donors (Lipinski definition) is 1. The molecule has 4 rings (SSSR count). The van der Waals surface area contributed by atoms with Gasteiger partial charge in [-0.25, -0.2) is 9.97 Å². The summed E-state index contributed by atoms with van der Waals surface area (Å²) >= 11 is 0. The van der Waals surface area contributed by atoms with E-state index in [0.717, 1.165) is 23.8 Å². The quantitative estimate of drug-likeness (QED) is 0.756. The van der Waals surface area contributed by atoms with Gasteiger partial charge in [-0.1, -0.05) is 0 Å². The van der Waals surface area contributed by atoms with Gasteiger partial charge in [0.2, 0.25) is 0 Å². The molecule has 1 aromatic carbocycles. The first-order chi connectivity index (χ1) is 13.5. The number of anilines is 1. The topological polar surface area (TPSA) is 94.9 Å². The predicted octanol–water partition coefficient (Wildman–Crippen LogP) is 2.86. The van der Waals surface area contributed by atoms with Crippen molar-refractivity contribution in [2.45, 2.75) is 25.4 Å². The fraction of sp³-hybridized carbons (Fsp3) is 0.333. The second-order valence-corrected chi connectivity index (χ2v) is 7.26. The van der Waals surface area contributed by atoms with Crippen molar-refractivity contribution in [2.24, 2.45) is 0 Å². The summed E-state index contributed by atoms with van der Waals surface area (Å²) in [6, 6.07) is 9.53. The monoisotopic (exact) mass is 375 g/mol. The summed E-state index contributed by atoms with van der Waals surface area (Å²) in [5, 5.41) is 10.5. The Hall–Kier alpha value is -3.24. The number of ether oxygens (including phenoxy) is 1. The van der Waals surface area contributed by atoms with Crippen LogP contribution in [0, 0.1) is 11.3 Å². The zero-order valence-electron chi connectivity index (χ0n) is 15.9. The van der Waals surface area contributed by atoms with E-state index in [2.05, 4.69) is 32.8 Å². The average Bonchev–Trinajstić information content (AvgIpc) is 2.74. The lowest BCUT2D eigenvalue weighted by Gasteiger charge is -2.40. The third kappa shape index (κ3) is 3.12. The standard InChI is InChI=1S/C21H21N5O2/c1-21(28-2)6-10-26(11-7-21)18-15-12-14(19-23-8-3-9-24-19)4-5-17(15)25-20(27)16(18)13-22/h3-5,8-9,12H,6-7,10-11H2,1-2H3,(H,25,27). The number of methoxy groups -OCH3 is 1. The number of nitrogens with zero attached hydrogens (tertiary/aromatic N) is 4. The van der Waals surface area contributed by atoms with Crippen LogP contribution in [-0.4, -0.2) is 40.8 Å². The van der Waals surface area contributed by atoms with E-state index in [-0.39, 0.29) is 16.7 Å². The van der Waals surface area contributed by atoms with E-state index < -0.39 is 0 Å². The molecule has 28 heavy (non-hydrogen) atoms. The van der Waals surface area contributed by atoms with Gasteiger partial charge in [-0.3, -0.25) is 4.79 Å². The lowest BCUT2D eigenvalue weighted by Crippen LogP contribution is -2.44. The van der Waals surface area contributed by atoms with Crippen molar-refractivity contribution in [2.75, 3.05) is 25.1 Å². The van der Waals surface area contributed by atoms with Crippen LogP contribution in [0.5, 0.6) is 0 Å². The Kier molecular flexibility index (Phi) is 4.57. The van der Waals surface area contributed by atoms with Gasteiger partial charge in [0.05, 0.1) is 16.8 Å². The van der Waals surface area contributed by atoms with Crippen molar-refractivity contribution >= 4 is 16.6 Å². The molecule has 0 aliphatic carbocycles. The number of hydrogen-bond acceptors (Lipinski definition) is 6. The van der Waals surface area contributed by atoms with Gasteiger partial charge in [0.25, 0.3) is 5.56 Å². The minimum atomic E-state index is -0.367. The minimum Gasteiger partial charge on any atom is -0.378 e. The highest BCUT2D eigenvalue weighted by Crippen LogP contribution is 2.34. The van der Waals surface area contributed by atoms with Crippen LogP contribution in [0.2, 0.25) is 0 Å². The summed E-state index contributed by atoms with van der Waals surface area (Å²) in [5.74, 6) is 0.602. The maximum absolute atomic E-state index is 12.5. The zero-order valence-corrected chi connectivity index (χ0v) is 15.9. The van der Waals surface area contributed by atoms with Gasteiger partial charge in [-0.15, -0.1) is 0 Å². The number of nitrogens with one attached hydrogen (secondary N) is 1. The fourth-order valence-electron chi connectivity index (χ4n) is 3.70. The van der Waals surface area contributed by atoms with E-state index in [9.17, 15) is 10.1 Å². The highest BCUT2D eigenvalue weighted by molar-refractivity contribution is 5.96. The van der Waals surface area contributed by atoms with Crippen LogP contribution in [0.3, 0.4) is 0 Å². The summed E-state index contributed by atoms with van der Waals surface area (Å²) in [6.45, 7) is 3.52. The maximum Gasteiger partial charge on any atom is 0.268 e. The number of pyridine rings is 1. The van der Waals surface area contributed by atoms with E-state index >= 15 is 0 Å². The molecule has 3 heterocycles. The normalized spacial score (nSPS) is 16.1. The summed E-state index contributed by atoms with van der Waals surface area (Å²) < 4.78 is 5.63. The Morgan fingerprint density at radius 1 is 1.25 bits per heavy atom. The zero-order chi connectivity index (χ0) is 19.7. The summed E-state index contributed by atoms with van der Waals surface area (Å²) in [6.07, 6.45) is 5.03. The van der Waals surface area contributed by atoms with Crippen LogP contribution in [-0.2, 0) is 4.74 Å². The van der Waals surface area contributed by atoms with Crippen LogP contribution in [0.4, 0.5) is 5.69 Å². The first-order valence-corrected chi connectivity index (χ1v) is 9.22. The summed E-state index contributed by atoms with van der Waals surface area (Å²) in [5.41, 5.74) is 1.80. The molecule has 0 bridgehead atoms. The molecule has 0 atom stereocenters. The molecular weight excluding hydrogens is 354 g/mol. The Labute approximate surface area is 162 Å². The Morgan fingerprint density at radius 3 is 2.61 bits per heavy atom. The van der Waals surface area contributed by atoms with Gasteiger partial charge in [0.1, 0.15) is 11.6 Å². The number of benzene rings is 1. The van der Waals surface area contributed by atoms with Gasteiger partial charge in [-0.2, -0.15) is 5.26 Å². The van der Waals surface area contributed by atoms with Crippen LogP contribution >= 0.6 is 0 Å². The van der Waals surface area contributed by atoms with Crippen LogP contribution in [0.1, 0.15) is 25.3 Å². The molecule has 0 unspecified atom stereocenters. The van der Waals surface area contributed by atoms with Crippen molar-refractivity contribution in [3.8, 4) is 17.5 Å². The molecular formula is C21H21N5O2. The Balaban J connectivity index is 1.88. The largest absolute Gasteiger partial charge is 0.378 e. The maximum atomic E-state index is 12.5. The smallest absolute Gasteiger partial charge is 0.268 e. The molecule has 1 aliphatic rings. The molecule has 0 radical (unpaired) electrons. The number of fused-ring (bicyclic) bond motifs is 1. The van der Waals surface area contributed by atoms with E-state index in [1.165, 1.54) is 0 Å². The molecule has 2 aromatic heterocycles. The van der Waals surface area contributed by atoms with Gasteiger partial charge in [-0.05, 0) is 44.0 Å². The van der Waals surface area contributed by atoms with Crippen molar-refractivity contribution < 1.29 is 4.74 Å². The molecule has 7 nitrogen and oxygen atoms in total. The second kappa shape index (κ2) is 7.06. The van der Waals surface area contributed by atoms with Gasteiger partial charge in [0.15, 0.2) is 5.82 Å². The minimum absolute atomic E-state index is 0.139. The van der Waals surface area contributed by atoms with Crippen molar-refractivity contribution in [1.29, 1.82) is 5.26 Å². The fourth-order valence-corrected chi connectivity index (χ4v) is 3.70. The second-order valence-electron chi connectivity index (χ2n) is 7.26. The molecule has 1 fully saturated rings. The van der Waals surface area contributed by atoms with E-state index in [1.807, 2.05) is 18.2 Å². The average molecular weight is 375 g/mol. The van der Waals surface area contributed by atoms with Crippen LogP contribution in [0.15, 0.2) is 41.5 Å². The molecule has 3 aromatic rings. The first-order valence-electron chi connectivity index (χ1n) is 9.22. The van der Waals surface area contributed by atoms with Gasteiger partial charge in [0, 0.05) is 43.5 Å². The molecule has 0 spiro atoms. The SMILES string of the molecule is COC1(C)CCN(c2c(C#N)c(=O)[nH]c3ccc(-c4ncccn4)cc23)CC1. The first kappa shape index (κ1) is 18.1. The predicted molar refractivity (Wildman–Crippen MR) is 107 cm³/mol. The highest BCUT2D eigenvalue weighted by Gasteiger charge is 2.31. The highest BCUT2D eigenvalue weighted by atomic mass is 16.5. The van der Waals surface area contributed by atoms with Gasteiger partial charge < -0.3 is 14.6 Å². The molecule has 7 heteroatoms. The summed E-state index contributed by atoms with van der Waals surface area (Å²) in [7, 11) is 1.73. The van der Waals surface area contributed by atoms with Crippen molar-refractivity contribution in [3.05, 3.63) is 52.6 Å². The van der Waals surface area contributed by atoms with Crippen LogP contribution in [0.25, 0.3) is 22.3 Å². The van der Waals surface area contributed by atoms with E-state index in [4.69, 9.17) is 4.74 Å². The van der Waals surface area contributed by atoms with Crippen molar-refractivity contribution in [3.63, 3.8) is 0 Å². The molecule has 142 valence electrons. The Bertz CT molecular complexity index is 1110. The number of aromatic amines is 1. The number of nitriles is 1. The number of aromatic nitrogens is 3. The lowest BCUT2D eigenvalue weighted by molar-refractivity contribution is -0.0132. The van der Waals surface area contributed by atoms with Crippen LogP contribution < -0.4 is 10.5 Å². The number of rotatable bonds is 3.